The molecule has 140 valence electrons. The van der Waals surface area contributed by atoms with Crippen LogP contribution in [0.15, 0.2) is 54.1 Å². The molecule has 0 aliphatic heterocycles. The van der Waals surface area contributed by atoms with Crippen molar-refractivity contribution in [2.45, 2.75) is 26.9 Å². The first-order valence-electron chi connectivity index (χ1n) is 9.33. The van der Waals surface area contributed by atoms with Crippen LogP contribution in [0.3, 0.4) is 0 Å². The SMILES string of the molecule is CC1=C(NCn2[n-]c(-c3ccccc3C)c2OCCN)c2ccccc2C1. The van der Waals surface area contributed by atoms with Crippen molar-refractivity contribution in [3.05, 3.63) is 70.8 Å². The Hall–Kier alpha value is -2.92. The third kappa shape index (κ3) is 3.26. The van der Waals surface area contributed by atoms with Gasteiger partial charge in [0.15, 0.2) is 5.88 Å². The molecule has 0 fully saturated rings. The molecule has 1 aliphatic rings. The number of nitrogens with one attached hydrogen (secondary N) is 1. The monoisotopic (exact) mass is 361 g/mol. The Morgan fingerprint density at radius 2 is 1.81 bits per heavy atom. The van der Waals surface area contributed by atoms with E-state index in [0.717, 1.165) is 23.6 Å². The second-order valence-corrected chi connectivity index (χ2v) is 6.93. The highest BCUT2D eigenvalue weighted by atomic mass is 16.5. The van der Waals surface area contributed by atoms with Gasteiger partial charge in [-0.15, -0.1) is 0 Å². The first kappa shape index (κ1) is 17.5. The second-order valence-electron chi connectivity index (χ2n) is 6.93. The molecule has 27 heavy (non-hydrogen) atoms. The van der Waals surface area contributed by atoms with E-state index in [0.29, 0.717) is 19.8 Å². The van der Waals surface area contributed by atoms with Crippen LogP contribution in [0.1, 0.15) is 23.6 Å². The van der Waals surface area contributed by atoms with E-state index in [2.05, 4.69) is 55.6 Å². The van der Waals surface area contributed by atoms with Gasteiger partial charge >= 0.3 is 0 Å². The van der Waals surface area contributed by atoms with Gasteiger partial charge < -0.3 is 25.6 Å². The molecule has 0 radical (unpaired) electrons. The molecular weight excluding hydrogens is 336 g/mol. The summed E-state index contributed by atoms with van der Waals surface area (Å²) in [5.74, 6) is 0.784. The molecule has 0 saturated heterocycles. The zero-order valence-corrected chi connectivity index (χ0v) is 15.8. The molecule has 4 rings (SSSR count). The lowest BCUT2D eigenvalue weighted by Gasteiger charge is -2.36. The molecule has 3 aromatic rings. The highest BCUT2D eigenvalue weighted by Crippen LogP contribution is 2.33. The van der Waals surface area contributed by atoms with Gasteiger partial charge in [0.2, 0.25) is 0 Å². The Labute approximate surface area is 159 Å². The molecule has 0 bridgehead atoms. The van der Waals surface area contributed by atoms with Crippen molar-refractivity contribution in [2.24, 2.45) is 5.73 Å². The number of ether oxygens (including phenoxy) is 1. The second kappa shape index (κ2) is 7.37. The zero-order valence-electron chi connectivity index (χ0n) is 15.8. The molecule has 1 heterocycles. The number of allylic oxidation sites excluding steroid dienone is 1. The molecule has 0 spiro atoms. The standard InChI is InChI=1S/C22H25N4O/c1-15-7-3-5-9-18(15)21-22(27-12-11-23)26(25-21)14-24-20-16(2)13-17-8-4-6-10-19(17)20/h3-10,24H,11-14,23H2,1-2H3/q-1. The molecule has 5 heteroatoms. The minimum atomic E-state index is 0.474. The fourth-order valence-electron chi connectivity index (χ4n) is 3.62. The first-order valence-corrected chi connectivity index (χ1v) is 9.33. The summed E-state index contributed by atoms with van der Waals surface area (Å²) < 4.78 is 7.78. The van der Waals surface area contributed by atoms with E-state index in [1.165, 1.54) is 28.0 Å². The molecule has 0 saturated carbocycles. The number of fused-ring (bicyclic) bond motifs is 1. The van der Waals surface area contributed by atoms with Gasteiger partial charge in [-0.05, 0) is 42.5 Å². The number of hydrogen-bond acceptors (Lipinski definition) is 3. The molecule has 5 nitrogen and oxygen atoms in total. The Bertz CT molecular complexity index is 980. The van der Waals surface area contributed by atoms with Crippen LogP contribution in [0.4, 0.5) is 0 Å². The maximum Gasteiger partial charge on any atom is 0.163 e. The van der Waals surface area contributed by atoms with Crippen LogP contribution in [-0.4, -0.2) is 17.8 Å². The van der Waals surface area contributed by atoms with Gasteiger partial charge in [0, 0.05) is 17.8 Å². The normalized spacial score (nSPS) is 13.1. The van der Waals surface area contributed by atoms with Crippen LogP contribution < -0.4 is 20.9 Å². The summed E-state index contributed by atoms with van der Waals surface area (Å²) in [7, 11) is 0. The fraction of sp³-hybridized carbons (Fsp3) is 0.273. The van der Waals surface area contributed by atoms with Crippen LogP contribution >= 0.6 is 0 Å². The minimum Gasteiger partial charge on any atom is -0.586 e. The summed E-state index contributed by atoms with van der Waals surface area (Å²) in [6.45, 7) is 5.78. The van der Waals surface area contributed by atoms with E-state index in [4.69, 9.17) is 15.6 Å². The van der Waals surface area contributed by atoms with Crippen molar-refractivity contribution in [1.82, 2.24) is 15.1 Å². The number of hydrogen-bond donors (Lipinski definition) is 2. The van der Waals surface area contributed by atoms with Crippen LogP contribution in [0.25, 0.3) is 17.0 Å². The van der Waals surface area contributed by atoms with Crippen molar-refractivity contribution >= 4 is 5.70 Å². The quantitative estimate of drug-likeness (QED) is 0.678. The number of aryl methyl sites for hydroxylation is 1. The Morgan fingerprint density at radius 1 is 1.07 bits per heavy atom. The Morgan fingerprint density at radius 3 is 2.59 bits per heavy atom. The summed E-state index contributed by atoms with van der Waals surface area (Å²) in [6, 6.07) is 16.7. The predicted octanol–water partition coefficient (Wildman–Crippen LogP) is 3.29. The fourth-order valence-corrected chi connectivity index (χ4v) is 3.62. The summed E-state index contributed by atoms with van der Waals surface area (Å²) in [4.78, 5) is 0. The van der Waals surface area contributed by atoms with E-state index in [1.807, 2.05) is 16.8 Å². The van der Waals surface area contributed by atoms with E-state index in [1.54, 1.807) is 0 Å². The van der Waals surface area contributed by atoms with Gasteiger partial charge in [-0.3, -0.25) is 0 Å². The minimum absolute atomic E-state index is 0.474. The van der Waals surface area contributed by atoms with Gasteiger partial charge in [0.25, 0.3) is 0 Å². The largest absolute Gasteiger partial charge is 0.586 e. The molecule has 3 N–H and O–H groups in total. The molecular formula is C22H25N4O-. The summed E-state index contributed by atoms with van der Waals surface area (Å²) in [5, 5.41) is 8.24. The molecule has 1 aliphatic carbocycles. The molecule has 0 unspecified atom stereocenters. The van der Waals surface area contributed by atoms with Gasteiger partial charge in [-0.2, -0.15) is 0 Å². The number of nitrogens with two attached hydrogens (primary N) is 1. The van der Waals surface area contributed by atoms with Gasteiger partial charge in [-0.1, -0.05) is 54.2 Å². The van der Waals surface area contributed by atoms with Gasteiger partial charge in [0.1, 0.15) is 6.61 Å². The molecule has 2 aromatic carbocycles. The number of aromatic nitrogens is 2. The van der Waals surface area contributed by atoms with Crippen molar-refractivity contribution < 1.29 is 4.74 Å². The number of benzene rings is 2. The lowest BCUT2D eigenvalue weighted by molar-refractivity contribution is 0.268. The van der Waals surface area contributed by atoms with E-state index in [9.17, 15) is 0 Å². The van der Waals surface area contributed by atoms with Crippen LogP contribution in [0.5, 0.6) is 5.88 Å². The summed E-state index contributed by atoms with van der Waals surface area (Å²) >= 11 is 0. The Kier molecular flexibility index (Phi) is 4.77. The van der Waals surface area contributed by atoms with Gasteiger partial charge in [0.05, 0.1) is 6.67 Å². The smallest absolute Gasteiger partial charge is 0.163 e. The lowest BCUT2D eigenvalue weighted by atomic mass is 10.1. The summed E-state index contributed by atoms with van der Waals surface area (Å²) in [6.07, 6.45) is 0.997. The topological polar surface area (TPSA) is 66.3 Å². The third-order valence-corrected chi connectivity index (χ3v) is 4.99. The van der Waals surface area contributed by atoms with E-state index >= 15 is 0 Å². The highest BCUT2D eigenvalue weighted by Gasteiger charge is 2.18. The average Bonchev–Trinajstić information content (AvgIpc) is 2.98. The number of rotatable bonds is 7. The van der Waals surface area contributed by atoms with Crippen molar-refractivity contribution in [2.75, 3.05) is 13.2 Å². The molecule has 0 atom stereocenters. The van der Waals surface area contributed by atoms with Crippen molar-refractivity contribution in [3.63, 3.8) is 0 Å². The van der Waals surface area contributed by atoms with Crippen LogP contribution in [-0.2, 0) is 13.1 Å². The van der Waals surface area contributed by atoms with Gasteiger partial charge in [-0.25, -0.2) is 0 Å². The van der Waals surface area contributed by atoms with E-state index in [-0.39, 0.29) is 0 Å². The number of nitrogens with zero attached hydrogens (tertiary/aromatic N) is 2. The Balaban J connectivity index is 1.56. The van der Waals surface area contributed by atoms with Crippen molar-refractivity contribution in [1.29, 1.82) is 0 Å². The van der Waals surface area contributed by atoms with Crippen molar-refractivity contribution in [3.8, 4) is 17.1 Å². The summed E-state index contributed by atoms with van der Waals surface area (Å²) in [5.41, 5.74) is 14.0. The lowest BCUT2D eigenvalue weighted by Crippen LogP contribution is -2.28. The maximum atomic E-state index is 5.90. The average molecular weight is 361 g/mol. The van der Waals surface area contributed by atoms with Crippen LogP contribution in [0.2, 0.25) is 0 Å². The molecule has 0 amide bonds. The zero-order chi connectivity index (χ0) is 18.8. The third-order valence-electron chi connectivity index (χ3n) is 4.99. The van der Waals surface area contributed by atoms with Crippen LogP contribution in [0, 0.1) is 6.92 Å². The first-order chi connectivity index (χ1) is 13.2. The predicted molar refractivity (Wildman–Crippen MR) is 108 cm³/mol. The van der Waals surface area contributed by atoms with E-state index < -0.39 is 0 Å². The maximum absolute atomic E-state index is 5.90. The molecule has 1 aromatic heterocycles. The highest BCUT2D eigenvalue weighted by molar-refractivity contribution is 5.74.